The summed E-state index contributed by atoms with van der Waals surface area (Å²) < 4.78 is 12.9. The molecule has 2 aromatic rings. The van der Waals surface area contributed by atoms with Crippen LogP contribution in [0.3, 0.4) is 0 Å². The lowest BCUT2D eigenvalue weighted by Gasteiger charge is -2.34. The Balaban J connectivity index is 1.63. The number of nitrogens with one attached hydrogen (secondary N) is 2. The van der Waals surface area contributed by atoms with Crippen LogP contribution in [0.5, 0.6) is 0 Å². The monoisotopic (exact) mass is 393 g/mol. The van der Waals surface area contributed by atoms with E-state index in [-0.39, 0.29) is 5.82 Å². The highest BCUT2D eigenvalue weighted by molar-refractivity contribution is 7.80. The summed E-state index contributed by atoms with van der Waals surface area (Å²) in [7, 11) is 0. The first-order valence-electron chi connectivity index (χ1n) is 8.62. The van der Waals surface area contributed by atoms with Gasteiger partial charge in [-0.2, -0.15) is 4.98 Å². The van der Waals surface area contributed by atoms with Gasteiger partial charge in [0.2, 0.25) is 5.95 Å². The van der Waals surface area contributed by atoms with Gasteiger partial charge in [0.05, 0.1) is 0 Å². The van der Waals surface area contributed by atoms with Crippen LogP contribution in [0, 0.1) is 5.82 Å². The molecule has 1 saturated heterocycles. The van der Waals surface area contributed by atoms with Crippen LogP contribution in [0.25, 0.3) is 0 Å². The Kier molecular flexibility index (Phi) is 6.21. The average Bonchev–Trinajstić information content (AvgIpc) is 2.61. The first-order valence-corrected chi connectivity index (χ1v) is 9.40. The summed E-state index contributed by atoms with van der Waals surface area (Å²) in [6.07, 6.45) is 3.52. The molecule has 0 spiro atoms. The number of hydrogen-bond donors (Lipinski definition) is 2. The maximum absolute atomic E-state index is 12.9. The first-order chi connectivity index (χ1) is 12.5. The molecule has 1 aromatic heterocycles. The second-order valence-electron chi connectivity index (χ2n) is 6.34. The third-order valence-electron chi connectivity index (χ3n) is 4.37. The van der Waals surface area contributed by atoms with Crippen LogP contribution >= 0.6 is 23.8 Å². The number of hydrogen-bond acceptors (Lipinski definition) is 4. The molecule has 2 heterocycles. The highest BCUT2D eigenvalue weighted by atomic mass is 35.5. The quantitative estimate of drug-likeness (QED) is 0.601. The molecule has 0 saturated carbocycles. The molecule has 8 heteroatoms. The number of nitrogens with zero attached hydrogens (tertiary/aromatic N) is 3. The zero-order chi connectivity index (χ0) is 18.5. The van der Waals surface area contributed by atoms with Crippen molar-refractivity contribution in [2.75, 3.05) is 16.8 Å². The van der Waals surface area contributed by atoms with Gasteiger partial charge in [0.15, 0.2) is 5.11 Å². The van der Waals surface area contributed by atoms with Crippen molar-refractivity contribution < 1.29 is 4.39 Å². The van der Waals surface area contributed by atoms with Crippen molar-refractivity contribution in [2.45, 2.75) is 38.8 Å². The van der Waals surface area contributed by atoms with E-state index in [1.807, 2.05) is 0 Å². The maximum Gasteiger partial charge on any atom is 0.232 e. The van der Waals surface area contributed by atoms with Crippen molar-refractivity contribution in [3.8, 4) is 0 Å². The van der Waals surface area contributed by atoms with Crippen molar-refractivity contribution in [2.24, 2.45) is 0 Å². The van der Waals surface area contributed by atoms with E-state index in [0.717, 1.165) is 30.8 Å². The summed E-state index contributed by atoms with van der Waals surface area (Å²) in [4.78, 5) is 11.0. The molecule has 1 aromatic carbocycles. The minimum absolute atomic E-state index is 0.263. The topological polar surface area (TPSA) is 53.1 Å². The molecule has 1 fully saturated rings. The third-order valence-corrected chi connectivity index (χ3v) is 4.81. The van der Waals surface area contributed by atoms with Crippen LogP contribution in [-0.4, -0.2) is 27.7 Å². The van der Waals surface area contributed by atoms with E-state index >= 15 is 0 Å². The Morgan fingerprint density at radius 1 is 1.31 bits per heavy atom. The van der Waals surface area contributed by atoms with Gasteiger partial charge in [-0.1, -0.05) is 23.7 Å². The molecule has 26 heavy (non-hydrogen) atoms. The summed E-state index contributed by atoms with van der Waals surface area (Å²) in [6.45, 7) is 3.63. The molecule has 1 aliphatic rings. The first kappa shape index (κ1) is 18.8. The Bertz CT molecular complexity index is 771. The number of rotatable bonds is 4. The molecule has 1 atom stereocenters. The fourth-order valence-corrected chi connectivity index (χ4v) is 3.32. The van der Waals surface area contributed by atoms with E-state index in [2.05, 4.69) is 32.4 Å². The standard InChI is InChI=1S/C18H21ClFN5S/c1-12-4-2-3-9-25(12)16-10-15(19)22-17(23-16)24-18(26)21-11-13-5-7-14(20)8-6-13/h5-8,10,12H,2-4,9,11H2,1H3,(H2,21,22,23,24,26)/t12-/m0/s1. The molecular formula is C18H21ClFN5S. The van der Waals surface area contributed by atoms with Gasteiger partial charge in [-0.05, 0) is 56.1 Å². The van der Waals surface area contributed by atoms with E-state index in [1.54, 1.807) is 18.2 Å². The SMILES string of the molecule is C[C@H]1CCCCN1c1cc(Cl)nc(NC(=S)NCc2ccc(F)cc2)n1. The Morgan fingerprint density at radius 2 is 2.08 bits per heavy atom. The second kappa shape index (κ2) is 8.60. The van der Waals surface area contributed by atoms with E-state index in [1.165, 1.54) is 18.6 Å². The van der Waals surface area contributed by atoms with Crippen molar-refractivity contribution in [3.05, 3.63) is 46.9 Å². The number of thiocarbonyl (C=S) groups is 1. The van der Waals surface area contributed by atoms with Gasteiger partial charge < -0.3 is 15.5 Å². The molecule has 5 nitrogen and oxygen atoms in total. The second-order valence-corrected chi connectivity index (χ2v) is 7.14. The highest BCUT2D eigenvalue weighted by Gasteiger charge is 2.21. The van der Waals surface area contributed by atoms with Crippen molar-refractivity contribution in [1.82, 2.24) is 15.3 Å². The van der Waals surface area contributed by atoms with Crippen LogP contribution in [0.2, 0.25) is 5.15 Å². The predicted octanol–water partition coefficient (Wildman–Crippen LogP) is 4.13. The molecule has 0 aliphatic carbocycles. The van der Waals surface area contributed by atoms with Gasteiger partial charge in [0.1, 0.15) is 16.8 Å². The Morgan fingerprint density at radius 3 is 2.81 bits per heavy atom. The number of anilines is 2. The lowest BCUT2D eigenvalue weighted by Crippen LogP contribution is -2.38. The molecule has 0 amide bonds. The molecule has 0 bridgehead atoms. The largest absolute Gasteiger partial charge is 0.358 e. The molecule has 138 valence electrons. The van der Waals surface area contributed by atoms with E-state index in [4.69, 9.17) is 23.8 Å². The van der Waals surface area contributed by atoms with Crippen LogP contribution in [-0.2, 0) is 6.54 Å². The minimum Gasteiger partial charge on any atom is -0.358 e. The van der Waals surface area contributed by atoms with Crippen molar-refractivity contribution >= 4 is 40.7 Å². The van der Waals surface area contributed by atoms with Gasteiger partial charge in [-0.15, -0.1) is 0 Å². The van der Waals surface area contributed by atoms with Crippen LogP contribution in [0.4, 0.5) is 16.2 Å². The number of aromatic nitrogens is 2. The van der Waals surface area contributed by atoms with Crippen LogP contribution < -0.4 is 15.5 Å². The summed E-state index contributed by atoms with van der Waals surface area (Å²) in [6, 6.07) is 8.45. The summed E-state index contributed by atoms with van der Waals surface area (Å²) in [5.41, 5.74) is 0.922. The zero-order valence-electron chi connectivity index (χ0n) is 14.5. The number of piperidine rings is 1. The van der Waals surface area contributed by atoms with Gasteiger partial charge >= 0.3 is 0 Å². The maximum atomic E-state index is 12.9. The van der Waals surface area contributed by atoms with Gasteiger partial charge in [-0.3, -0.25) is 0 Å². The lowest BCUT2D eigenvalue weighted by molar-refractivity contribution is 0.481. The summed E-state index contributed by atoms with van der Waals surface area (Å²) in [5.74, 6) is 0.907. The Hall–Kier alpha value is -1.99. The van der Waals surface area contributed by atoms with Crippen molar-refractivity contribution in [1.29, 1.82) is 0 Å². The average molecular weight is 394 g/mol. The highest BCUT2D eigenvalue weighted by Crippen LogP contribution is 2.25. The molecule has 2 N–H and O–H groups in total. The molecule has 0 radical (unpaired) electrons. The predicted molar refractivity (Wildman–Crippen MR) is 107 cm³/mol. The lowest BCUT2D eigenvalue weighted by atomic mass is 10.0. The van der Waals surface area contributed by atoms with Gasteiger partial charge in [0.25, 0.3) is 0 Å². The molecule has 1 aliphatic heterocycles. The van der Waals surface area contributed by atoms with Crippen LogP contribution in [0.15, 0.2) is 30.3 Å². The number of benzene rings is 1. The van der Waals surface area contributed by atoms with E-state index in [0.29, 0.717) is 28.8 Å². The van der Waals surface area contributed by atoms with Gasteiger partial charge in [0, 0.05) is 25.2 Å². The fraction of sp³-hybridized carbons (Fsp3) is 0.389. The van der Waals surface area contributed by atoms with Crippen molar-refractivity contribution in [3.63, 3.8) is 0 Å². The number of halogens is 2. The summed E-state index contributed by atoms with van der Waals surface area (Å²) in [5, 5.41) is 6.78. The molecular weight excluding hydrogens is 373 g/mol. The van der Waals surface area contributed by atoms with E-state index in [9.17, 15) is 4.39 Å². The summed E-state index contributed by atoms with van der Waals surface area (Å²) >= 11 is 11.5. The van der Waals surface area contributed by atoms with Gasteiger partial charge in [-0.25, -0.2) is 9.37 Å². The normalized spacial score (nSPS) is 17.0. The third kappa shape index (κ3) is 5.02. The fourth-order valence-electron chi connectivity index (χ4n) is 2.98. The Labute approximate surface area is 163 Å². The smallest absolute Gasteiger partial charge is 0.232 e. The molecule has 3 rings (SSSR count). The van der Waals surface area contributed by atoms with Crippen LogP contribution in [0.1, 0.15) is 31.7 Å². The molecule has 0 unspecified atom stereocenters. The minimum atomic E-state index is -0.263. The zero-order valence-corrected chi connectivity index (χ0v) is 16.1. The van der Waals surface area contributed by atoms with E-state index < -0.39 is 0 Å².